The van der Waals surface area contributed by atoms with Crippen molar-refractivity contribution in [3.63, 3.8) is 0 Å². The van der Waals surface area contributed by atoms with E-state index in [4.69, 9.17) is 4.52 Å². The van der Waals surface area contributed by atoms with E-state index in [0.717, 1.165) is 41.2 Å². The van der Waals surface area contributed by atoms with E-state index < -0.39 is 0 Å². The van der Waals surface area contributed by atoms with Crippen LogP contribution in [0.15, 0.2) is 20.4 Å². The van der Waals surface area contributed by atoms with E-state index in [1.807, 2.05) is 11.4 Å². The molecule has 1 aliphatic heterocycles. The first kappa shape index (κ1) is 14.0. The predicted molar refractivity (Wildman–Crippen MR) is 77.4 cm³/mol. The van der Waals surface area contributed by atoms with Crippen molar-refractivity contribution in [2.24, 2.45) is 0 Å². The monoisotopic (exact) mass is 349 g/mol. The van der Waals surface area contributed by atoms with E-state index in [9.17, 15) is 0 Å². The van der Waals surface area contributed by atoms with E-state index in [1.165, 1.54) is 0 Å². The third-order valence-corrected chi connectivity index (χ3v) is 4.61. The predicted octanol–water partition coefficient (Wildman–Crippen LogP) is 3.45. The van der Waals surface area contributed by atoms with Crippen LogP contribution in [-0.4, -0.2) is 23.2 Å². The lowest BCUT2D eigenvalue weighted by atomic mass is 9.98. The van der Waals surface area contributed by atoms with Crippen molar-refractivity contribution < 1.29 is 4.52 Å². The second-order valence-electron chi connectivity index (χ2n) is 4.11. The zero-order valence-corrected chi connectivity index (χ0v) is 12.8. The molecule has 0 atom stereocenters. The molecule has 0 unspecified atom stereocenters. The first-order valence-corrected chi connectivity index (χ1v) is 7.29. The van der Waals surface area contributed by atoms with Crippen LogP contribution in [0.2, 0.25) is 0 Å². The van der Waals surface area contributed by atoms with Gasteiger partial charge in [-0.05, 0) is 47.9 Å². The number of rotatable bonds is 2. The number of hydrogen-bond acceptors (Lipinski definition) is 5. The third kappa shape index (κ3) is 2.93. The second kappa shape index (κ2) is 6.14. The summed E-state index contributed by atoms with van der Waals surface area (Å²) in [4.78, 5) is 5.54. The second-order valence-corrected chi connectivity index (χ2v) is 5.94. The molecule has 0 bridgehead atoms. The summed E-state index contributed by atoms with van der Waals surface area (Å²) in [7, 11) is 0. The van der Waals surface area contributed by atoms with E-state index in [0.29, 0.717) is 11.7 Å². The van der Waals surface area contributed by atoms with Crippen LogP contribution in [0, 0.1) is 0 Å². The highest BCUT2D eigenvalue weighted by Crippen LogP contribution is 2.30. The number of nitrogens with zero attached hydrogens (tertiary/aromatic N) is 2. The molecule has 2 aromatic rings. The molecule has 0 aromatic carbocycles. The van der Waals surface area contributed by atoms with Crippen molar-refractivity contribution in [3.8, 4) is 10.7 Å². The molecule has 3 heterocycles. The average Bonchev–Trinajstić information content (AvgIpc) is 2.98. The van der Waals surface area contributed by atoms with Gasteiger partial charge < -0.3 is 9.84 Å². The number of piperidine rings is 1. The van der Waals surface area contributed by atoms with Crippen LogP contribution in [0.1, 0.15) is 24.7 Å². The summed E-state index contributed by atoms with van der Waals surface area (Å²) in [6.45, 7) is 2.07. The quantitative estimate of drug-likeness (QED) is 0.901. The summed E-state index contributed by atoms with van der Waals surface area (Å²) in [6, 6.07) is 2.02. The molecule has 0 radical (unpaired) electrons. The van der Waals surface area contributed by atoms with Gasteiger partial charge in [-0.2, -0.15) is 4.98 Å². The topological polar surface area (TPSA) is 51.0 Å². The smallest absolute Gasteiger partial charge is 0.230 e. The highest BCUT2D eigenvalue weighted by Gasteiger charge is 2.21. The van der Waals surface area contributed by atoms with E-state index in [1.54, 1.807) is 11.3 Å². The minimum Gasteiger partial charge on any atom is -0.339 e. The Bertz CT molecular complexity index is 510. The number of halogens is 2. The molecule has 1 aliphatic rings. The van der Waals surface area contributed by atoms with Gasteiger partial charge >= 0.3 is 0 Å². The molecular weight excluding hydrogens is 338 g/mol. The van der Waals surface area contributed by atoms with Crippen molar-refractivity contribution in [1.82, 2.24) is 15.5 Å². The summed E-state index contributed by atoms with van der Waals surface area (Å²) in [5.74, 6) is 1.90. The fourth-order valence-electron chi connectivity index (χ4n) is 2.00. The Morgan fingerprint density at radius 2 is 2.17 bits per heavy atom. The Balaban J connectivity index is 0.00000120. The van der Waals surface area contributed by atoms with Crippen LogP contribution in [0.4, 0.5) is 0 Å². The number of aromatic nitrogens is 2. The minimum atomic E-state index is 0. The van der Waals surface area contributed by atoms with Gasteiger partial charge in [0.2, 0.25) is 11.7 Å². The standard InChI is InChI=1S/C11H12BrN3OS.ClH/c12-8-5-9(17-6-8)10-14-11(16-15-10)7-1-3-13-4-2-7;/h5-7,13H,1-4H2;1H. The Labute approximate surface area is 124 Å². The van der Waals surface area contributed by atoms with E-state index >= 15 is 0 Å². The number of hydrogen-bond donors (Lipinski definition) is 1. The molecule has 0 spiro atoms. The number of thiophene rings is 1. The van der Waals surface area contributed by atoms with Crippen LogP contribution in [-0.2, 0) is 0 Å². The zero-order valence-electron chi connectivity index (χ0n) is 9.56. The van der Waals surface area contributed by atoms with E-state index in [-0.39, 0.29) is 12.4 Å². The van der Waals surface area contributed by atoms with Gasteiger partial charge in [0.15, 0.2) is 0 Å². The maximum Gasteiger partial charge on any atom is 0.230 e. The molecule has 0 amide bonds. The molecule has 1 saturated heterocycles. The van der Waals surface area contributed by atoms with Crippen LogP contribution in [0.25, 0.3) is 10.7 Å². The molecule has 4 nitrogen and oxygen atoms in total. The molecule has 1 fully saturated rings. The maximum atomic E-state index is 5.37. The summed E-state index contributed by atoms with van der Waals surface area (Å²) in [5.41, 5.74) is 0. The summed E-state index contributed by atoms with van der Waals surface area (Å²) in [5, 5.41) is 9.41. The van der Waals surface area contributed by atoms with Gasteiger partial charge in [-0.1, -0.05) is 5.16 Å². The molecular formula is C11H13BrClN3OS. The molecule has 2 aromatic heterocycles. The van der Waals surface area contributed by atoms with Crippen molar-refractivity contribution in [1.29, 1.82) is 0 Å². The lowest BCUT2D eigenvalue weighted by Gasteiger charge is -2.18. The van der Waals surface area contributed by atoms with Crippen molar-refractivity contribution in [2.75, 3.05) is 13.1 Å². The number of nitrogens with one attached hydrogen (secondary N) is 1. The normalized spacial score (nSPS) is 16.5. The summed E-state index contributed by atoms with van der Waals surface area (Å²) in [6.07, 6.45) is 2.16. The fraction of sp³-hybridized carbons (Fsp3) is 0.455. The van der Waals surface area contributed by atoms with Crippen LogP contribution in [0.5, 0.6) is 0 Å². The molecule has 0 aliphatic carbocycles. The van der Waals surface area contributed by atoms with Gasteiger partial charge in [-0.25, -0.2) is 0 Å². The molecule has 18 heavy (non-hydrogen) atoms. The summed E-state index contributed by atoms with van der Waals surface area (Å²) < 4.78 is 6.43. The first-order chi connectivity index (χ1) is 8.33. The van der Waals surface area contributed by atoms with E-state index in [2.05, 4.69) is 31.4 Å². The molecule has 0 saturated carbocycles. The Morgan fingerprint density at radius 3 is 2.83 bits per heavy atom. The average molecular weight is 351 g/mol. The lowest BCUT2D eigenvalue weighted by Crippen LogP contribution is -2.26. The van der Waals surface area contributed by atoms with Gasteiger partial charge in [0.25, 0.3) is 0 Å². The largest absolute Gasteiger partial charge is 0.339 e. The molecule has 3 rings (SSSR count). The third-order valence-electron chi connectivity index (χ3n) is 2.92. The summed E-state index contributed by atoms with van der Waals surface area (Å²) >= 11 is 5.05. The minimum absolute atomic E-state index is 0. The SMILES string of the molecule is Brc1csc(-c2noc(C3CCNCC3)n2)c1.Cl. The van der Waals surface area contributed by atoms with Crippen molar-refractivity contribution in [3.05, 3.63) is 21.8 Å². The van der Waals surface area contributed by atoms with Gasteiger partial charge in [0.05, 0.1) is 4.88 Å². The van der Waals surface area contributed by atoms with Gasteiger partial charge in [0, 0.05) is 15.8 Å². The molecule has 7 heteroatoms. The van der Waals surface area contributed by atoms with Gasteiger partial charge in [0.1, 0.15) is 0 Å². The Hall–Kier alpha value is -0.430. The molecule has 98 valence electrons. The van der Waals surface area contributed by atoms with Crippen LogP contribution >= 0.6 is 39.7 Å². The Morgan fingerprint density at radius 1 is 1.39 bits per heavy atom. The van der Waals surface area contributed by atoms with Gasteiger partial charge in [-0.3, -0.25) is 0 Å². The first-order valence-electron chi connectivity index (χ1n) is 5.61. The zero-order chi connectivity index (χ0) is 11.7. The maximum absolute atomic E-state index is 5.37. The lowest BCUT2D eigenvalue weighted by molar-refractivity contribution is 0.320. The van der Waals surface area contributed by atoms with Crippen LogP contribution in [0.3, 0.4) is 0 Å². The highest BCUT2D eigenvalue weighted by atomic mass is 79.9. The fourth-order valence-corrected chi connectivity index (χ4v) is 3.35. The Kier molecular flexibility index (Phi) is 4.77. The highest BCUT2D eigenvalue weighted by molar-refractivity contribution is 9.10. The van der Waals surface area contributed by atoms with Crippen LogP contribution < -0.4 is 5.32 Å². The molecule has 1 N–H and O–H groups in total. The van der Waals surface area contributed by atoms with Gasteiger partial charge in [-0.15, -0.1) is 23.7 Å². The van der Waals surface area contributed by atoms with Crippen molar-refractivity contribution >= 4 is 39.7 Å². The van der Waals surface area contributed by atoms with Crippen molar-refractivity contribution in [2.45, 2.75) is 18.8 Å².